The minimum atomic E-state index is -3.19. The first-order chi connectivity index (χ1) is 12.3. The van der Waals surface area contributed by atoms with Crippen LogP contribution in [0.5, 0.6) is 11.5 Å². The number of nitrogens with one attached hydrogen (secondary N) is 1. The largest absolute Gasteiger partial charge is 0.493 e. The second kappa shape index (κ2) is 7.24. The molecule has 1 fully saturated rings. The Hall–Kier alpha value is -2.13. The Morgan fingerprint density at radius 3 is 2.50 bits per heavy atom. The Bertz CT molecular complexity index is 949. The summed E-state index contributed by atoms with van der Waals surface area (Å²) in [5, 5.41) is 0.439. The lowest BCUT2D eigenvalue weighted by molar-refractivity contribution is 0.122. The van der Waals surface area contributed by atoms with E-state index in [4.69, 9.17) is 9.47 Å². The van der Waals surface area contributed by atoms with Gasteiger partial charge in [0.2, 0.25) is 10.0 Å². The number of hydrogen-bond acceptors (Lipinski definition) is 6. The van der Waals surface area contributed by atoms with E-state index in [1.54, 1.807) is 26.3 Å². The SMILES string of the molecule is COc1cc2nc[nH]c(=O)c2cc1O[C@H]1CC[C@H](N(C)S(C)(=O)=O)CC1. The zero-order valence-electron chi connectivity index (χ0n) is 15.1. The van der Waals surface area contributed by atoms with Crippen LogP contribution >= 0.6 is 0 Å². The van der Waals surface area contributed by atoms with Gasteiger partial charge in [0.25, 0.3) is 5.56 Å². The van der Waals surface area contributed by atoms with Gasteiger partial charge in [0, 0.05) is 19.2 Å². The van der Waals surface area contributed by atoms with E-state index < -0.39 is 10.0 Å². The highest BCUT2D eigenvalue weighted by Crippen LogP contribution is 2.34. The first kappa shape index (κ1) is 18.7. The van der Waals surface area contributed by atoms with Gasteiger partial charge in [-0.1, -0.05) is 0 Å². The van der Waals surface area contributed by atoms with E-state index in [-0.39, 0.29) is 17.7 Å². The normalized spacial score (nSPS) is 21.1. The van der Waals surface area contributed by atoms with Crippen molar-refractivity contribution in [1.29, 1.82) is 0 Å². The van der Waals surface area contributed by atoms with E-state index in [9.17, 15) is 13.2 Å². The van der Waals surface area contributed by atoms with Crippen LogP contribution in [0.2, 0.25) is 0 Å². The van der Waals surface area contributed by atoms with Crippen LogP contribution in [0.4, 0.5) is 0 Å². The molecule has 1 heterocycles. The molecule has 0 saturated heterocycles. The maximum Gasteiger partial charge on any atom is 0.258 e. The van der Waals surface area contributed by atoms with Crippen LogP contribution in [-0.2, 0) is 10.0 Å². The zero-order valence-corrected chi connectivity index (χ0v) is 15.9. The van der Waals surface area contributed by atoms with Crippen LogP contribution in [0.3, 0.4) is 0 Å². The van der Waals surface area contributed by atoms with Crippen molar-refractivity contribution in [3.8, 4) is 11.5 Å². The van der Waals surface area contributed by atoms with E-state index in [2.05, 4.69) is 9.97 Å². The lowest BCUT2D eigenvalue weighted by Gasteiger charge is -2.33. The summed E-state index contributed by atoms with van der Waals surface area (Å²) in [6.45, 7) is 0. The summed E-state index contributed by atoms with van der Waals surface area (Å²) in [5.74, 6) is 1.02. The van der Waals surface area contributed by atoms with E-state index in [1.165, 1.54) is 16.9 Å². The Kier molecular flexibility index (Phi) is 5.19. The number of benzene rings is 1. The average Bonchev–Trinajstić information content (AvgIpc) is 2.61. The van der Waals surface area contributed by atoms with Gasteiger partial charge in [-0.15, -0.1) is 0 Å². The summed E-state index contributed by atoms with van der Waals surface area (Å²) in [7, 11) is -0.0325. The van der Waals surface area contributed by atoms with Crippen LogP contribution in [0.1, 0.15) is 25.7 Å². The molecule has 0 unspecified atom stereocenters. The fraction of sp³-hybridized carbons (Fsp3) is 0.529. The first-order valence-corrected chi connectivity index (χ1v) is 10.3. The highest BCUT2D eigenvalue weighted by molar-refractivity contribution is 7.88. The Morgan fingerprint density at radius 2 is 1.88 bits per heavy atom. The van der Waals surface area contributed by atoms with Crippen LogP contribution in [-0.4, -0.2) is 55.3 Å². The van der Waals surface area contributed by atoms with E-state index in [0.29, 0.717) is 22.4 Å². The van der Waals surface area contributed by atoms with Crippen LogP contribution in [0, 0.1) is 0 Å². The minimum absolute atomic E-state index is 0.00427. The molecule has 0 amide bonds. The van der Waals surface area contributed by atoms with Gasteiger partial charge in [-0.3, -0.25) is 4.79 Å². The molecule has 1 aromatic carbocycles. The standard InChI is InChI=1S/C17H23N3O5S/c1-20(26(3,22)23)11-4-6-12(7-5-11)25-16-8-13-14(9-15(16)24-2)18-10-19-17(13)21/h8-12H,4-7H2,1-3H3,(H,18,19,21)/t11-,12-. The van der Waals surface area contributed by atoms with Crippen LogP contribution < -0.4 is 15.0 Å². The molecular formula is C17H23N3O5S. The third-order valence-corrected chi connectivity index (χ3v) is 6.24. The predicted molar refractivity (Wildman–Crippen MR) is 98.2 cm³/mol. The van der Waals surface area contributed by atoms with Gasteiger partial charge in [0.1, 0.15) is 0 Å². The van der Waals surface area contributed by atoms with E-state index in [0.717, 1.165) is 25.7 Å². The molecule has 0 bridgehead atoms. The Labute approximate surface area is 152 Å². The Morgan fingerprint density at radius 1 is 1.19 bits per heavy atom. The maximum atomic E-state index is 12.0. The summed E-state index contributed by atoms with van der Waals surface area (Å²) in [6, 6.07) is 3.33. The molecule has 0 atom stereocenters. The molecule has 1 aliphatic carbocycles. The molecule has 2 aromatic rings. The topological polar surface area (TPSA) is 102 Å². The van der Waals surface area contributed by atoms with E-state index >= 15 is 0 Å². The number of methoxy groups -OCH3 is 1. The van der Waals surface area contributed by atoms with Crippen molar-refractivity contribution < 1.29 is 17.9 Å². The minimum Gasteiger partial charge on any atom is -0.493 e. The third-order valence-electron chi connectivity index (χ3n) is 4.90. The van der Waals surface area contributed by atoms with Crippen molar-refractivity contribution in [3.05, 3.63) is 28.8 Å². The number of ether oxygens (including phenoxy) is 2. The lowest BCUT2D eigenvalue weighted by Crippen LogP contribution is -2.40. The van der Waals surface area contributed by atoms with Crippen molar-refractivity contribution in [3.63, 3.8) is 0 Å². The van der Waals surface area contributed by atoms with Crippen molar-refractivity contribution in [1.82, 2.24) is 14.3 Å². The number of H-pyrrole nitrogens is 1. The van der Waals surface area contributed by atoms with E-state index in [1.807, 2.05) is 0 Å². The smallest absolute Gasteiger partial charge is 0.258 e. The molecule has 3 rings (SSSR count). The van der Waals surface area contributed by atoms with Crippen molar-refractivity contribution in [2.75, 3.05) is 20.4 Å². The fourth-order valence-electron chi connectivity index (χ4n) is 3.30. The zero-order chi connectivity index (χ0) is 18.9. The summed E-state index contributed by atoms with van der Waals surface area (Å²) in [4.78, 5) is 18.7. The fourth-order valence-corrected chi connectivity index (χ4v) is 4.06. The molecule has 0 aliphatic heterocycles. The van der Waals surface area contributed by atoms with Gasteiger partial charge in [-0.05, 0) is 31.7 Å². The molecule has 8 nitrogen and oxygen atoms in total. The van der Waals surface area contributed by atoms with Gasteiger partial charge < -0.3 is 14.5 Å². The number of sulfonamides is 1. The third kappa shape index (κ3) is 3.83. The molecule has 9 heteroatoms. The molecule has 26 heavy (non-hydrogen) atoms. The van der Waals surface area contributed by atoms with Gasteiger partial charge in [0.15, 0.2) is 11.5 Å². The molecular weight excluding hydrogens is 358 g/mol. The average molecular weight is 381 g/mol. The number of aromatic amines is 1. The highest BCUT2D eigenvalue weighted by Gasteiger charge is 2.29. The van der Waals surface area contributed by atoms with Gasteiger partial charge in [0.05, 0.1) is 36.7 Å². The molecule has 1 aromatic heterocycles. The predicted octanol–water partition coefficient (Wildman–Crippen LogP) is 1.51. The number of nitrogens with zero attached hydrogens (tertiary/aromatic N) is 2. The molecule has 0 radical (unpaired) electrons. The molecule has 1 saturated carbocycles. The number of hydrogen-bond donors (Lipinski definition) is 1. The lowest BCUT2D eigenvalue weighted by atomic mass is 9.93. The molecule has 1 N–H and O–H groups in total. The number of rotatable bonds is 5. The van der Waals surface area contributed by atoms with Crippen LogP contribution in [0.15, 0.2) is 23.3 Å². The van der Waals surface area contributed by atoms with Crippen molar-refractivity contribution >= 4 is 20.9 Å². The summed E-state index contributed by atoms with van der Waals surface area (Å²) in [5.41, 5.74) is 0.303. The van der Waals surface area contributed by atoms with Crippen LogP contribution in [0.25, 0.3) is 10.9 Å². The molecule has 142 valence electrons. The van der Waals surface area contributed by atoms with Gasteiger partial charge in [-0.2, -0.15) is 0 Å². The second-order valence-corrected chi connectivity index (χ2v) is 8.62. The van der Waals surface area contributed by atoms with Crippen molar-refractivity contribution in [2.45, 2.75) is 37.8 Å². The highest BCUT2D eigenvalue weighted by atomic mass is 32.2. The summed E-state index contributed by atoms with van der Waals surface area (Å²) < 4.78 is 36.3. The van der Waals surface area contributed by atoms with Gasteiger partial charge in [-0.25, -0.2) is 17.7 Å². The number of aromatic nitrogens is 2. The first-order valence-electron chi connectivity index (χ1n) is 8.44. The summed E-state index contributed by atoms with van der Waals surface area (Å²) >= 11 is 0. The molecule has 0 spiro atoms. The maximum absolute atomic E-state index is 12.0. The van der Waals surface area contributed by atoms with Gasteiger partial charge >= 0.3 is 0 Å². The van der Waals surface area contributed by atoms with Crippen molar-refractivity contribution in [2.24, 2.45) is 0 Å². The monoisotopic (exact) mass is 381 g/mol. The quantitative estimate of drug-likeness (QED) is 0.842. The second-order valence-electron chi connectivity index (χ2n) is 6.58. The summed E-state index contributed by atoms with van der Waals surface area (Å²) in [6.07, 6.45) is 5.44. The Balaban J connectivity index is 1.76. The molecule has 1 aliphatic rings. The number of fused-ring (bicyclic) bond motifs is 1.